The number of hydrogen-bond donors (Lipinski definition) is 0. The molecule has 2 aromatic rings. The fraction of sp³-hybridized carbons (Fsp3) is 0.421. The molecule has 0 saturated carbocycles. The second-order valence-corrected chi connectivity index (χ2v) is 6.58. The lowest BCUT2D eigenvalue weighted by Gasteiger charge is -2.18. The van der Waals surface area contributed by atoms with E-state index in [0.717, 1.165) is 43.1 Å². The van der Waals surface area contributed by atoms with Crippen LogP contribution in [0, 0.1) is 5.82 Å². The molecule has 1 saturated heterocycles. The first-order valence-corrected chi connectivity index (χ1v) is 8.32. The summed E-state index contributed by atoms with van der Waals surface area (Å²) >= 11 is 0. The third-order valence-electron chi connectivity index (χ3n) is 4.15. The SMILES string of the molecule is CN(C)Cc1cc(OC2CCN(Cc3ccccc3F)C2)ccn1. The van der Waals surface area contributed by atoms with Crippen molar-refractivity contribution in [3.63, 3.8) is 0 Å². The first-order chi connectivity index (χ1) is 11.6. The number of nitrogens with zero attached hydrogens (tertiary/aromatic N) is 3. The minimum Gasteiger partial charge on any atom is -0.489 e. The predicted molar refractivity (Wildman–Crippen MR) is 92.3 cm³/mol. The van der Waals surface area contributed by atoms with Crippen LogP contribution in [0.2, 0.25) is 0 Å². The highest BCUT2D eigenvalue weighted by atomic mass is 19.1. The van der Waals surface area contributed by atoms with E-state index in [2.05, 4.69) is 14.8 Å². The molecule has 1 unspecified atom stereocenters. The Bertz CT molecular complexity index is 677. The lowest BCUT2D eigenvalue weighted by molar-refractivity contribution is 0.197. The molecule has 4 nitrogen and oxygen atoms in total. The van der Waals surface area contributed by atoms with Gasteiger partial charge >= 0.3 is 0 Å². The van der Waals surface area contributed by atoms with Crippen molar-refractivity contribution in [1.82, 2.24) is 14.8 Å². The first-order valence-electron chi connectivity index (χ1n) is 8.32. The summed E-state index contributed by atoms with van der Waals surface area (Å²) < 4.78 is 19.9. The molecule has 1 aliphatic rings. The smallest absolute Gasteiger partial charge is 0.127 e. The van der Waals surface area contributed by atoms with E-state index in [1.165, 1.54) is 6.07 Å². The molecule has 1 aromatic heterocycles. The Hall–Kier alpha value is -1.98. The van der Waals surface area contributed by atoms with Gasteiger partial charge in [0.25, 0.3) is 0 Å². The zero-order valence-electron chi connectivity index (χ0n) is 14.3. The number of benzene rings is 1. The van der Waals surface area contributed by atoms with Gasteiger partial charge in [-0.15, -0.1) is 0 Å². The number of rotatable bonds is 6. The molecule has 0 radical (unpaired) electrons. The van der Waals surface area contributed by atoms with Crippen LogP contribution in [0.4, 0.5) is 4.39 Å². The highest BCUT2D eigenvalue weighted by molar-refractivity contribution is 5.23. The third-order valence-corrected chi connectivity index (χ3v) is 4.15. The number of pyridine rings is 1. The number of halogens is 1. The Morgan fingerprint density at radius 1 is 1.29 bits per heavy atom. The Balaban J connectivity index is 1.55. The summed E-state index contributed by atoms with van der Waals surface area (Å²) in [5.41, 5.74) is 1.74. The highest BCUT2D eigenvalue weighted by Gasteiger charge is 2.24. The third kappa shape index (κ3) is 4.52. The largest absolute Gasteiger partial charge is 0.489 e. The predicted octanol–water partition coefficient (Wildman–Crippen LogP) is 2.94. The lowest BCUT2D eigenvalue weighted by atomic mass is 10.2. The molecule has 5 heteroatoms. The van der Waals surface area contributed by atoms with Crippen LogP contribution in [0.1, 0.15) is 17.7 Å². The molecule has 0 bridgehead atoms. The second-order valence-electron chi connectivity index (χ2n) is 6.58. The maximum Gasteiger partial charge on any atom is 0.127 e. The summed E-state index contributed by atoms with van der Waals surface area (Å²) in [5.74, 6) is 0.726. The summed E-state index contributed by atoms with van der Waals surface area (Å²) in [4.78, 5) is 8.68. The van der Waals surface area contributed by atoms with E-state index in [0.29, 0.717) is 6.54 Å². The number of hydrogen-bond acceptors (Lipinski definition) is 4. The van der Waals surface area contributed by atoms with E-state index in [9.17, 15) is 4.39 Å². The van der Waals surface area contributed by atoms with Gasteiger partial charge in [-0.1, -0.05) is 18.2 Å². The van der Waals surface area contributed by atoms with Gasteiger partial charge in [0.15, 0.2) is 0 Å². The van der Waals surface area contributed by atoms with Crippen LogP contribution in [0.3, 0.4) is 0 Å². The van der Waals surface area contributed by atoms with Gasteiger partial charge in [-0.3, -0.25) is 9.88 Å². The van der Waals surface area contributed by atoms with E-state index in [4.69, 9.17) is 4.74 Å². The summed E-state index contributed by atoms with van der Waals surface area (Å²) in [6.07, 6.45) is 2.89. The van der Waals surface area contributed by atoms with Gasteiger partial charge in [0.05, 0.1) is 5.69 Å². The van der Waals surface area contributed by atoms with Gasteiger partial charge < -0.3 is 9.64 Å². The minimum absolute atomic E-state index is 0.135. The van der Waals surface area contributed by atoms with Crippen molar-refractivity contribution in [3.05, 3.63) is 59.7 Å². The van der Waals surface area contributed by atoms with Crippen LogP contribution in [-0.2, 0) is 13.1 Å². The van der Waals surface area contributed by atoms with Crippen LogP contribution < -0.4 is 4.74 Å². The average Bonchev–Trinajstić information content (AvgIpc) is 2.96. The number of ether oxygens (including phenoxy) is 1. The molecule has 1 fully saturated rings. The maximum atomic E-state index is 13.8. The van der Waals surface area contributed by atoms with E-state index in [1.54, 1.807) is 12.3 Å². The standard InChI is InChI=1S/C19H24FN3O/c1-22(2)13-16-11-17(7-9-21-16)24-18-8-10-23(14-18)12-15-5-3-4-6-19(15)20/h3-7,9,11,18H,8,10,12-14H2,1-2H3. The fourth-order valence-electron chi connectivity index (χ4n) is 3.04. The van der Waals surface area contributed by atoms with Crippen molar-refractivity contribution in [3.8, 4) is 5.75 Å². The van der Waals surface area contributed by atoms with Crippen molar-refractivity contribution < 1.29 is 9.13 Å². The van der Waals surface area contributed by atoms with Crippen molar-refractivity contribution in [2.24, 2.45) is 0 Å². The normalized spacial score (nSPS) is 18.2. The second kappa shape index (κ2) is 7.73. The van der Waals surface area contributed by atoms with Gasteiger partial charge in [-0.25, -0.2) is 4.39 Å². The van der Waals surface area contributed by atoms with E-state index in [1.807, 2.05) is 38.4 Å². The van der Waals surface area contributed by atoms with Crippen molar-refractivity contribution in [1.29, 1.82) is 0 Å². The molecule has 1 atom stereocenters. The average molecular weight is 329 g/mol. The highest BCUT2D eigenvalue weighted by Crippen LogP contribution is 2.21. The molecule has 1 aromatic carbocycles. The quantitative estimate of drug-likeness (QED) is 0.815. The lowest BCUT2D eigenvalue weighted by Crippen LogP contribution is -2.25. The molecule has 128 valence electrons. The molecule has 2 heterocycles. The van der Waals surface area contributed by atoms with Crippen LogP contribution in [0.5, 0.6) is 5.75 Å². The van der Waals surface area contributed by atoms with Crippen LogP contribution in [0.25, 0.3) is 0 Å². The van der Waals surface area contributed by atoms with Gasteiger partial charge in [0.1, 0.15) is 17.7 Å². The van der Waals surface area contributed by atoms with E-state index >= 15 is 0 Å². The zero-order valence-corrected chi connectivity index (χ0v) is 14.3. The van der Waals surface area contributed by atoms with Gasteiger partial charge in [0, 0.05) is 44.0 Å². The Morgan fingerprint density at radius 2 is 2.12 bits per heavy atom. The van der Waals surface area contributed by atoms with Gasteiger partial charge in [-0.2, -0.15) is 0 Å². The van der Waals surface area contributed by atoms with Crippen molar-refractivity contribution in [2.45, 2.75) is 25.6 Å². The Morgan fingerprint density at radius 3 is 2.92 bits per heavy atom. The topological polar surface area (TPSA) is 28.6 Å². The van der Waals surface area contributed by atoms with Gasteiger partial charge in [0.2, 0.25) is 0 Å². The molecule has 24 heavy (non-hydrogen) atoms. The molecule has 0 spiro atoms. The molecule has 0 amide bonds. The fourth-order valence-corrected chi connectivity index (χ4v) is 3.04. The first kappa shape index (κ1) is 16.9. The number of aromatic nitrogens is 1. The van der Waals surface area contributed by atoms with E-state index in [-0.39, 0.29) is 11.9 Å². The monoisotopic (exact) mass is 329 g/mol. The molecular formula is C19H24FN3O. The van der Waals surface area contributed by atoms with Crippen LogP contribution in [-0.4, -0.2) is 48.1 Å². The van der Waals surface area contributed by atoms with Crippen molar-refractivity contribution in [2.75, 3.05) is 27.2 Å². The summed E-state index contributed by atoms with van der Waals surface area (Å²) in [6.45, 7) is 3.17. The molecule has 0 aliphatic carbocycles. The molecule has 1 aliphatic heterocycles. The number of likely N-dealkylation sites (tertiary alicyclic amines) is 1. The summed E-state index contributed by atoms with van der Waals surface area (Å²) in [6, 6.07) is 10.9. The Labute approximate surface area is 142 Å². The summed E-state index contributed by atoms with van der Waals surface area (Å²) in [5, 5.41) is 0. The maximum absolute atomic E-state index is 13.8. The summed E-state index contributed by atoms with van der Waals surface area (Å²) in [7, 11) is 4.04. The van der Waals surface area contributed by atoms with Crippen LogP contribution >= 0.6 is 0 Å². The van der Waals surface area contributed by atoms with E-state index < -0.39 is 0 Å². The molecule has 3 rings (SSSR count). The van der Waals surface area contributed by atoms with Crippen molar-refractivity contribution >= 4 is 0 Å². The zero-order chi connectivity index (χ0) is 16.9. The molecular weight excluding hydrogens is 305 g/mol. The van der Waals surface area contributed by atoms with Crippen LogP contribution in [0.15, 0.2) is 42.6 Å². The van der Waals surface area contributed by atoms with Gasteiger partial charge in [-0.05, 0) is 32.6 Å². The Kier molecular flexibility index (Phi) is 5.43. The minimum atomic E-state index is -0.135. The molecule has 0 N–H and O–H groups in total.